The Morgan fingerprint density at radius 3 is 2.09 bits per heavy atom. The molecule has 1 aromatic rings. The van der Waals surface area contributed by atoms with Crippen molar-refractivity contribution in [3.8, 4) is 0 Å². The van der Waals surface area contributed by atoms with Crippen LogP contribution in [0.5, 0.6) is 0 Å². The summed E-state index contributed by atoms with van der Waals surface area (Å²) < 4.78 is 37.6. The van der Waals surface area contributed by atoms with Crippen molar-refractivity contribution >= 4 is 17.7 Å². The third-order valence-electron chi connectivity index (χ3n) is 6.30. The Morgan fingerprint density at radius 1 is 1.09 bits per heavy atom. The summed E-state index contributed by atoms with van der Waals surface area (Å²) in [6, 6.07) is 6.66. The third-order valence-corrected chi connectivity index (χ3v) is 6.30. The SMILES string of the molecule is CC1CCC(C)N1C(=O)c1ccc([C@@H](C)NC(=O)C2(NC(=O)C(O)C(F)(F)F)CC2)cc1. The van der Waals surface area contributed by atoms with Gasteiger partial charge < -0.3 is 20.6 Å². The normalized spacial score (nSPS) is 23.9. The van der Waals surface area contributed by atoms with Crippen molar-refractivity contribution in [2.75, 3.05) is 0 Å². The Hall–Kier alpha value is -2.62. The molecule has 3 unspecified atom stereocenters. The maximum atomic E-state index is 12.8. The maximum absolute atomic E-state index is 12.8. The number of carbonyl (C=O) groups is 3. The molecule has 1 heterocycles. The van der Waals surface area contributed by atoms with Crippen molar-refractivity contribution in [3.63, 3.8) is 0 Å². The average Bonchev–Trinajstić information content (AvgIpc) is 3.44. The average molecular weight is 455 g/mol. The molecular formula is C22H28F3N3O4. The number of aliphatic hydroxyl groups excluding tert-OH is 1. The fraction of sp³-hybridized carbons (Fsp3) is 0.591. The summed E-state index contributed by atoms with van der Waals surface area (Å²) in [5.74, 6) is -2.31. The van der Waals surface area contributed by atoms with Gasteiger partial charge in [-0.25, -0.2) is 0 Å². The molecule has 4 atom stereocenters. The van der Waals surface area contributed by atoms with Crippen molar-refractivity contribution in [2.24, 2.45) is 0 Å². The van der Waals surface area contributed by atoms with E-state index in [9.17, 15) is 27.6 Å². The quantitative estimate of drug-likeness (QED) is 0.614. The van der Waals surface area contributed by atoms with Gasteiger partial charge in [-0.1, -0.05) is 12.1 Å². The van der Waals surface area contributed by atoms with E-state index in [-0.39, 0.29) is 30.8 Å². The molecule has 1 aromatic carbocycles. The van der Waals surface area contributed by atoms with Gasteiger partial charge in [-0.15, -0.1) is 0 Å². The molecule has 1 aliphatic carbocycles. The number of halogens is 3. The summed E-state index contributed by atoms with van der Waals surface area (Å²) in [4.78, 5) is 38.9. The molecule has 1 saturated carbocycles. The van der Waals surface area contributed by atoms with Crippen molar-refractivity contribution < 1.29 is 32.7 Å². The number of amides is 3. The number of rotatable bonds is 6. The zero-order valence-electron chi connectivity index (χ0n) is 18.2. The zero-order valence-corrected chi connectivity index (χ0v) is 18.2. The molecule has 3 rings (SSSR count). The second-order valence-electron chi connectivity index (χ2n) is 8.82. The first-order valence-corrected chi connectivity index (χ1v) is 10.7. The fourth-order valence-corrected chi connectivity index (χ4v) is 4.06. The first-order chi connectivity index (χ1) is 14.9. The zero-order chi connectivity index (χ0) is 23.8. The van der Waals surface area contributed by atoms with Gasteiger partial charge in [-0.2, -0.15) is 13.2 Å². The van der Waals surface area contributed by atoms with Gasteiger partial charge in [0.05, 0.1) is 6.04 Å². The molecule has 0 spiro atoms. The van der Waals surface area contributed by atoms with E-state index in [2.05, 4.69) is 5.32 Å². The summed E-state index contributed by atoms with van der Waals surface area (Å²) in [5.41, 5.74) is -0.204. The highest BCUT2D eigenvalue weighted by Gasteiger charge is 2.54. The van der Waals surface area contributed by atoms with Gasteiger partial charge in [0.2, 0.25) is 12.0 Å². The Labute approximate surface area is 184 Å². The summed E-state index contributed by atoms with van der Waals surface area (Å²) >= 11 is 0. The van der Waals surface area contributed by atoms with Crippen molar-refractivity contribution in [1.29, 1.82) is 0 Å². The van der Waals surface area contributed by atoms with Gasteiger partial charge in [0.15, 0.2) is 0 Å². The number of hydrogen-bond acceptors (Lipinski definition) is 4. The summed E-state index contributed by atoms with van der Waals surface area (Å²) in [6.45, 7) is 5.74. The molecule has 7 nitrogen and oxygen atoms in total. The van der Waals surface area contributed by atoms with Crippen LogP contribution in [0.25, 0.3) is 0 Å². The Kier molecular flexibility index (Phi) is 6.55. The minimum Gasteiger partial charge on any atom is -0.376 e. The van der Waals surface area contributed by atoms with E-state index in [0.29, 0.717) is 11.1 Å². The van der Waals surface area contributed by atoms with Gasteiger partial charge in [-0.05, 0) is 64.2 Å². The van der Waals surface area contributed by atoms with Crippen LogP contribution in [0.3, 0.4) is 0 Å². The molecule has 32 heavy (non-hydrogen) atoms. The van der Waals surface area contributed by atoms with Crippen LogP contribution in [0.1, 0.15) is 68.4 Å². The van der Waals surface area contributed by atoms with E-state index in [0.717, 1.165) is 12.8 Å². The van der Waals surface area contributed by atoms with Crippen LogP contribution >= 0.6 is 0 Å². The third kappa shape index (κ3) is 4.90. The largest absolute Gasteiger partial charge is 0.423 e. The molecule has 1 aliphatic heterocycles. The smallest absolute Gasteiger partial charge is 0.376 e. The lowest BCUT2D eigenvalue weighted by Gasteiger charge is -2.26. The van der Waals surface area contributed by atoms with E-state index in [1.54, 1.807) is 31.2 Å². The van der Waals surface area contributed by atoms with Crippen LogP contribution in [0.15, 0.2) is 24.3 Å². The van der Waals surface area contributed by atoms with E-state index in [1.807, 2.05) is 24.1 Å². The van der Waals surface area contributed by atoms with Crippen LogP contribution in [-0.4, -0.2) is 57.6 Å². The minimum atomic E-state index is -5.10. The van der Waals surface area contributed by atoms with E-state index >= 15 is 0 Å². The molecule has 3 amide bonds. The van der Waals surface area contributed by atoms with E-state index in [1.165, 1.54) is 0 Å². The number of hydrogen-bond donors (Lipinski definition) is 3. The van der Waals surface area contributed by atoms with Crippen LogP contribution in [0.4, 0.5) is 13.2 Å². The second kappa shape index (κ2) is 8.73. The first kappa shape index (κ1) is 24.0. The number of alkyl halides is 3. The lowest BCUT2D eigenvalue weighted by atomic mass is 10.0. The predicted molar refractivity (Wildman–Crippen MR) is 109 cm³/mol. The van der Waals surface area contributed by atoms with Crippen LogP contribution < -0.4 is 10.6 Å². The van der Waals surface area contributed by atoms with Gasteiger partial charge in [0, 0.05) is 17.6 Å². The fourth-order valence-electron chi connectivity index (χ4n) is 4.06. The monoisotopic (exact) mass is 455 g/mol. The molecule has 176 valence electrons. The molecule has 0 aromatic heterocycles. The topological polar surface area (TPSA) is 98.7 Å². The highest BCUT2D eigenvalue weighted by atomic mass is 19.4. The number of aliphatic hydroxyl groups is 1. The predicted octanol–water partition coefficient (Wildman–Crippen LogP) is 2.45. The minimum absolute atomic E-state index is 0.0476. The van der Waals surface area contributed by atoms with Crippen molar-refractivity contribution in [3.05, 3.63) is 35.4 Å². The first-order valence-electron chi connectivity index (χ1n) is 10.7. The Balaban J connectivity index is 1.61. The van der Waals surface area contributed by atoms with E-state index < -0.39 is 35.7 Å². The van der Waals surface area contributed by atoms with Gasteiger partial charge in [0.1, 0.15) is 5.54 Å². The highest BCUT2D eigenvalue weighted by molar-refractivity contribution is 5.96. The molecular weight excluding hydrogens is 427 g/mol. The highest BCUT2D eigenvalue weighted by Crippen LogP contribution is 2.37. The Bertz CT molecular complexity index is 873. The lowest BCUT2D eigenvalue weighted by molar-refractivity contribution is -0.205. The van der Waals surface area contributed by atoms with Crippen LogP contribution in [0.2, 0.25) is 0 Å². The summed E-state index contributed by atoms with van der Waals surface area (Å²) in [7, 11) is 0. The molecule has 1 saturated heterocycles. The molecule has 2 aliphatic rings. The standard InChI is InChI=1S/C22H28F3N3O4/c1-12-4-5-13(2)28(12)19(31)16-8-6-15(7-9-16)14(3)26-20(32)21(10-11-21)27-18(30)17(29)22(23,24)25/h6-9,12-14,17,29H,4-5,10-11H2,1-3H3,(H,26,32)(H,27,30)/t12?,13?,14-,17?/m1/s1. The van der Waals surface area contributed by atoms with Crippen molar-refractivity contribution in [1.82, 2.24) is 15.5 Å². The number of nitrogens with zero attached hydrogens (tertiary/aromatic N) is 1. The molecule has 10 heteroatoms. The number of likely N-dealkylation sites (tertiary alicyclic amines) is 1. The second-order valence-corrected chi connectivity index (χ2v) is 8.82. The summed E-state index contributed by atoms with van der Waals surface area (Å²) in [5, 5.41) is 13.8. The molecule has 2 fully saturated rings. The van der Waals surface area contributed by atoms with Crippen molar-refractivity contribution in [2.45, 2.75) is 82.4 Å². The van der Waals surface area contributed by atoms with Gasteiger partial charge in [0.25, 0.3) is 11.8 Å². The number of nitrogens with one attached hydrogen (secondary N) is 2. The lowest BCUT2D eigenvalue weighted by Crippen LogP contribution is -2.54. The van der Waals surface area contributed by atoms with Gasteiger partial charge >= 0.3 is 6.18 Å². The summed E-state index contributed by atoms with van der Waals surface area (Å²) in [6.07, 6.45) is -5.99. The van der Waals surface area contributed by atoms with Crippen LogP contribution in [0, 0.1) is 0 Å². The van der Waals surface area contributed by atoms with Gasteiger partial charge in [-0.3, -0.25) is 14.4 Å². The Morgan fingerprint density at radius 2 is 1.62 bits per heavy atom. The molecule has 0 radical (unpaired) electrons. The molecule has 0 bridgehead atoms. The maximum Gasteiger partial charge on any atom is 0.423 e. The van der Waals surface area contributed by atoms with E-state index in [4.69, 9.17) is 5.11 Å². The van der Waals surface area contributed by atoms with Crippen LogP contribution in [-0.2, 0) is 9.59 Å². The number of benzene rings is 1. The number of carbonyl (C=O) groups excluding carboxylic acids is 3. The molecule has 3 N–H and O–H groups in total.